The van der Waals surface area contributed by atoms with Gasteiger partial charge in [0.1, 0.15) is 11.6 Å². The minimum absolute atomic E-state index is 0.310. The van der Waals surface area contributed by atoms with Gasteiger partial charge in [-0.2, -0.15) is 10.1 Å². The molecule has 1 amide bonds. The zero-order valence-electron chi connectivity index (χ0n) is 14.8. The van der Waals surface area contributed by atoms with Crippen molar-refractivity contribution in [2.45, 2.75) is 0 Å². The van der Waals surface area contributed by atoms with Gasteiger partial charge >= 0.3 is 0 Å². The second kappa shape index (κ2) is 8.42. The lowest BCUT2D eigenvalue weighted by atomic mass is 10.2. The van der Waals surface area contributed by atoms with Crippen LogP contribution in [-0.4, -0.2) is 17.1 Å². The van der Waals surface area contributed by atoms with Crippen LogP contribution in [0.5, 0.6) is 0 Å². The second-order valence-corrected chi connectivity index (χ2v) is 7.89. The molecule has 29 heavy (non-hydrogen) atoms. The van der Waals surface area contributed by atoms with Crippen LogP contribution in [0.15, 0.2) is 71.2 Å². The highest BCUT2D eigenvalue weighted by atomic mass is 32.1. The lowest BCUT2D eigenvalue weighted by Crippen LogP contribution is -2.23. The molecule has 4 nitrogen and oxygen atoms in total. The number of rotatable bonds is 5. The van der Waals surface area contributed by atoms with Gasteiger partial charge in [0, 0.05) is 11.0 Å². The summed E-state index contributed by atoms with van der Waals surface area (Å²) < 4.78 is 27.2. The molecule has 0 saturated carbocycles. The Morgan fingerprint density at radius 3 is 2.62 bits per heavy atom. The van der Waals surface area contributed by atoms with E-state index in [4.69, 9.17) is 0 Å². The highest BCUT2D eigenvalue weighted by Gasteiger charge is 2.17. The first-order valence-electron chi connectivity index (χ1n) is 8.50. The number of halogens is 2. The minimum atomic E-state index is -0.406. The van der Waals surface area contributed by atoms with Gasteiger partial charge < -0.3 is 0 Å². The van der Waals surface area contributed by atoms with E-state index in [-0.39, 0.29) is 11.6 Å². The van der Waals surface area contributed by atoms with Crippen molar-refractivity contribution < 1.29 is 13.6 Å². The normalized spacial score (nSPS) is 11.7. The number of carbonyl (C=O) groups excluding carboxylic acids is 1. The molecular weight excluding hydrogens is 412 g/mol. The first-order valence-corrected chi connectivity index (χ1v) is 10.2. The van der Waals surface area contributed by atoms with Gasteiger partial charge in [-0.05, 0) is 53.4 Å². The molecule has 4 aromatic rings. The summed E-state index contributed by atoms with van der Waals surface area (Å²) in [5.41, 5.74) is 1.20. The smallest absolute Gasteiger partial charge is 0.267 e. The molecule has 2 aromatic carbocycles. The Balaban J connectivity index is 1.68. The zero-order valence-corrected chi connectivity index (χ0v) is 16.5. The first kappa shape index (κ1) is 19.1. The van der Waals surface area contributed by atoms with Crippen molar-refractivity contribution in [3.8, 4) is 0 Å². The number of anilines is 1. The average Bonchev–Trinajstić information content (AvgIpc) is 3.37. The quantitative estimate of drug-likeness (QED) is 0.233. The Bertz CT molecular complexity index is 1200. The summed E-state index contributed by atoms with van der Waals surface area (Å²) in [6.07, 6.45) is 4.55. The van der Waals surface area contributed by atoms with Crippen LogP contribution in [0.1, 0.15) is 10.4 Å². The van der Waals surface area contributed by atoms with Crippen molar-refractivity contribution in [3.05, 3.63) is 88.1 Å². The standard InChI is InChI=1S/C21H13F2N3OS2/c22-15-5-3-14(4-6-15)13-24-26(20(27)10-8-17-2-1-11-28-17)21-25-18-9-7-16(23)12-19(18)29-21/h1-13H/b10-8+,24-13+. The largest absolute Gasteiger partial charge is 0.273 e. The van der Waals surface area contributed by atoms with Crippen molar-refractivity contribution in [2.75, 3.05) is 5.01 Å². The van der Waals surface area contributed by atoms with E-state index < -0.39 is 5.91 Å². The van der Waals surface area contributed by atoms with Gasteiger partial charge in [-0.1, -0.05) is 29.5 Å². The molecule has 0 radical (unpaired) electrons. The average molecular weight is 425 g/mol. The molecule has 0 aliphatic carbocycles. The lowest BCUT2D eigenvalue weighted by Gasteiger charge is -2.11. The van der Waals surface area contributed by atoms with Crippen molar-refractivity contribution in [2.24, 2.45) is 5.10 Å². The van der Waals surface area contributed by atoms with Crippen LogP contribution in [0.4, 0.5) is 13.9 Å². The predicted molar refractivity (Wildman–Crippen MR) is 114 cm³/mol. The Labute approximate surface area is 173 Å². The highest BCUT2D eigenvalue weighted by Crippen LogP contribution is 2.30. The topological polar surface area (TPSA) is 45.6 Å². The summed E-state index contributed by atoms with van der Waals surface area (Å²) in [5.74, 6) is -1.14. The highest BCUT2D eigenvalue weighted by molar-refractivity contribution is 7.22. The molecule has 2 heterocycles. The van der Waals surface area contributed by atoms with Crippen molar-refractivity contribution in [1.29, 1.82) is 0 Å². The predicted octanol–water partition coefficient (Wildman–Crippen LogP) is 5.72. The van der Waals surface area contributed by atoms with Crippen LogP contribution in [0, 0.1) is 11.6 Å². The Morgan fingerprint density at radius 2 is 1.86 bits per heavy atom. The molecule has 4 rings (SSSR count). The van der Waals surface area contributed by atoms with E-state index in [1.807, 2.05) is 17.5 Å². The molecule has 0 atom stereocenters. The van der Waals surface area contributed by atoms with E-state index in [2.05, 4.69) is 10.1 Å². The summed E-state index contributed by atoms with van der Waals surface area (Å²) in [5, 5.41) is 7.63. The van der Waals surface area contributed by atoms with Crippen LogP contribution < -0.4 is 5.01 Å². The van der Waals surface area contributed by atoms with Crippen LogP contribution in [0.25, 0.3) is 16.3 Å². The summed E-state index contributed by atoms with van der Waals surface area (Å²) in [6.45, 7) is 0. The Morgan fingerprint density at radius 1 is 1.07 bits per heavy atom. The van der Waals surface area contributed by atoms with Crippen LogP contribution in [0.3, 0.4) is 0 Å². The fraction of sp³-hybridized carbons (Fsp3) is 0. The first-order chi connectivity index (χ1) is 14.1. The summed E-state index contributed by atoms with van der Waals surface area (Å²) in [4.78, 5) is 18.1. The molecular formula is C21H13F2N3OS2. The fourth-order valence-corrected chi connectivity index (χ4v) is 4.03. The van der Waals surface area contributed by atoms with E-state index in [1.54, 1.807) is 24.3 Å². The van der Waals surface area contributed by atoms with Gasteiger partial charge in [0.05, 0.1) is 16.4 Å². The van der Waals surface area contributed by atoms with Crippen LogP contribution in [-0.2, 0) is 4.79 Å². The third kappa shape index (κ3) is 4.61. The Hall–Kier alpha value is -3.23. The number of hydrogen-bond donors (Lipinski definition) is 0. The van der Waals surface area contributed by atoms with Crippen molar-refractivity contribution in [3.63, 3.8) is 0 Å². The number of benzene rings is 2. The van der Waals surface area contributed by atoms with Crippen LogP contribution in [0.2, 0.25) is 0 Å². The number of fused-ring (bicyclic) bond motifs is 1. The number of nitrogens with zero attached hydrogens (tertiary/aromatic N) is 3. The summed E-state index contributed by atoms with van der Waals surface area (Å²) >= 11 is 2.66. The maximum absolute atomic E-state index is 13.5. The van der Waals surface area contributed by atoms with Gasteiger partial charge in [-0.3, -0.25) is 4.79 Å². The van der Waals surface area contributed by atoms with Gasteiger partial charge in [-0.25, -0.2) is 13.8 Å². The third-order valence-corrected chi connectivity index (χ3v) is 5.69. The number of aromatic nitrogens is 1. The molecule has 2 aromatic heterocycles. The molecule has 0 bridgehead atoms. The van der Waals surface area contributed by atoms with Gasteiger partial charge in [-0.15, -0.1) is 11.3 Å². The molecule has 0 unspecified atom stereocenters. The fourth-order valence-electron chi connectivity index (χ4n) is 2.46. The number of thiophene rings is 1. The van der Waals surface area contributed by atoms with Crippen molar-refractivity contribution in [1.82, 2.24) is 4.98 Å². The summed E-state index contributed by atoms with van der Waals surface area (Å²) in [7, 11) is 0. The van der Waals surface area contributed by atoms with E-state index in [9.17, 15) is 13.6 Å². The van der Waals surface area contributed by atoms with E-state index >= 15 is 0 Å². The number of thiazole rings is 1. The molecule has 0 fully saturated rings. The molecule has 0 saturated heterocycles. The molecule has 8 heteroatoms. The number of carbonyl (C=O) groups is 1. The number of hydrazone groups is 1. The maximum atomic E-state index is 13.5. The number of hydrogen-bond acceptors (Lipinski definition) is 5. The number of amides is 1. The Kier molecular flexibility index (Phi) is 5.55. The van der Waals surface area contributed by atoms with Gasteiger partial charge in [0.25, 0.3) is 5.91 Å². The maximum Gasteiger partial charge on any atom is 0.273 e. The van der Waals surface area contributed by atoms with E-state index in [0.717, 1.165) is 21.2 Å². The zero-order chi connectivity index (χ0) is 20.2. The van der Waals surface area contributed by atoms with E-state index in [1.165, 1.54) is 47.9 Å². The minimum Gasteiger partial charge on any atom is -0.267 e. The van der Waals surface area contributed by atoms with Gasteiger partial charge in [0.15, 0.2) is 0 Å². The molecule has 0 N–H and O–H groups in total. The SMILES string of the molecule is O=C(/C=C/c1cccs1)N(/N=C/c1ccc(F)cc1)c1nc2ccc(F)cc2s1. The second-order valence-electron chi connectivity index (χ2n) is 5.90. The van der Waals surface area contributed by atoms with E-state index in [0.29, 0.717) is 20.9 Å². The monoisotopic (exact) mass is 425 g/mol. The molecule has 144 valence electrons. The lowest BCUT2D eigenvalue weighted by molar-refractivity contribution is -0.114. The van der Waals surface area contributed by atoms with Crippen molar-refractivity contribution >= 4 is 56.2 Å². The molecule has 0 aliphatic rings. The molecule has 0 spiro atoms. The molecule has 0 aliphatic heterocycles. The summed E-state index contributed by atoms with van der Waals surface area (Å²) in [6, 6.07) is 13.7. The van der Waals surface area contributed by atoms with Gasteiger partial charge in [0.2, 0.25) is 5.13 Å². The third-order valence-electron chi connectivity index (χ3n) is 3.85. The van der Waals surface area contributed by atoms with Crippen LogP contribution >= 0.6 is 22.7 Å².